The molecule has 0 saturated carbocycles. The third kappa shape index (κ3) is 13.1. The van der Waals surface area contributed by atoms with Crippen LogP contribution >= 0.6 is 0 Å². The molecule has 0 spiro atoms. The van der Waals surface area contributed by atoms with Crippen molar-refractivity contribution >= 4 is 12.2 Å². The van der Waals surface area contributed by atoms with Crippen LogP contribution in [0.2, 0.25) is 0 Å². The molecule has 0 aromatic carbocycles. The monoisotopic (exact) mass is 393 g/mol. The van der Waals surface area contributed by atoms with Crippen LogP contribution in [0.4, 0.5) is 4.79 Å². The largest absolute Gasteiger partial charge is 0.450 e. The van der Waals surface area contributed by atoms with Crippen molar-refractivity contribution in [1.29, 1.82) is 0 Å². The van der Waals surface area contributed by atoms with Crippen molar-refractivity contribution in [3.63, 3.8) is 0 Å². The highest BCUT2D eigenvalue weighted by Crippen LogP contribution is 2.02. The SMILES string of the molecule is CCCCn1cc[n+](CCCCCCOC(=O)NCCCCCCN=C=O)c1. The standard InChI is InChI=1S/C21H36N4O3/c1-2-3-14-24-16-17-25(20-24)15-10-6-7-11-18-28-21(27)23-13-9-5-4-8-12-22-19-26/h16-17,20H,2-15,18H2,1H3/p+1. The number of aromatic nitrogens is 2. The Morgan fingerprint density at radius 2 is 1.89 bits per heavy atom. The molecule has 1 rings (SSSR count). The number of alkyl carbamates (subject to hydrolysis) is 1. The number of rotatable bonds is 17. The summed E-state index contributed by atoms with van der Waals surface area (Å²) in [5.41, 5.74) is 0. The number of hydrogen-bond donors (Lipinski definition) is 1. The van der Waals surface area contributed by atoms with Gasteiger partial charge in [-0.1, -0.05) is 26.2 Å². The third-order valence-corrected chi connectivity index (χ3v) is 4.59. The van der Waals surface area contributed by atoms with Gasteiger partial charge >= 0.3 is 6.09 Å². The lowest BCUT2D eigenvalue weighted by Gasteiger charge is -2.06. The van der Waals surface area contributed by atoms with Gasteiger partial charge in [-0.3, -0.25) is 0 Å². The second kappa shape index (κ2) is 17.0. The predicted molar refractivity (Wildman–Crippen MR) is 109 cm³/mol. The zero-order valence-corrected chi connectivity index (χ0v) is 17.4. The number of amides is 1. The van der Waals surface area contributed by atoms with E-state index < -0.39 is 0 Å². The average molecular weight is 394 g/mol. The molecular weight excluding hydrogens is 356 g/mol. The second-order valence-corrected chi connectivity index (χ2v) is 7.11. The molecule has 0 saturated heterocycles. The Morgan fingerprint density at radius 3 is 2.71 bits per heavy atom. The van der Waals surface area contributed by atoms with Crippen molar-refractivity contribution in [3.05, 3.63) is 18.7 Å². The van der Waals surface area contributed by atoms with E-state index in [0.29, 0.717) is 19.7 Å². The van der Waals surface area contributed by atoms with Crippen LogP contribution < -0.4 is 9.88 Å². The molecule has 0 unspecified atom stereocenters. The quantitative estimate of drug-likeness (QED) is 0.189. The summed E-state index contributed by atoms with van der Waals surface area (Å²) >= 11 is 0. The number of isocyanates is 1. The maximum absolute atomic E-state index is 11.6. The first-order chi connectivity index (χ1) is 13.8. The summed E-state index contributed by atoms with van der Waals surface area (Å²) in [5, 5.41) is 2.77. The Bertz CT molecular complexity index is 568. The van der Waals surface area contributed by atoms with E-state index in [4.69, 9.17) is 4.74 Å². The lowest BCUT2D eigenvalue weighted by atomic mass is 10.2. The molecule has 1 heterocycles. The molecule has 1 aromatic rings. The molecule has 0 aliphatic heterocycles. The van der Waals surface area contributed by atoms with E-state index >= 15 is 0 Å². The minimum atomic E-state index is -0.325. The number of hydrogen-bond acceptors (Lipinski definition) is 4. The number of imidazole rings is 1. The summed E-state index contributed by atoms with van der Waals surface area (Å²) in [6.45, 7) is 6.01. The highest BCUT2D eigenvalue weighted by Gasteiger charge is 2.03. The van der Waals surface area contributed by atoms with E-state index in [0.717, 1.165) is 64.5 Å². The Hall–Kier alpha value is -2.14. The maximum atomic E-state index is 11.6. The van der Waals surface area contributed by atoms with E-state index in [1.807, 2.05) is 0 Å². The topological polar surface area (TPSA) is 76.6 Å². The Labute approximate surface area is 169 Å². The minimum absolute atomic E-state index is 0.325. The summed E-state index contributed by atoms with van der Waals surface area (Å²) in [7, 11) is 0. The molecule has 0 aliphatic rings. The molecule has 7 nitrogen and oxygen atoms in total. The maximum Gasteiger partial charge on any atom is 0.407 e. The fourth-order valence-corrected chi connectivity index (χ4v) is 2.92. The smallest absolute Gasteiger partial charge is 0.407 e. The first-order valence-electron chi connectivity index (χ1n) is 10.8. The molecule has 158 valence electrons. The van der Waals surface area contributed by atoms with Crippen LogP contribution in [0.25, 0.3) is 0 Å². The molecule has 1 N–H and O–H groups in total. The van der Waals surface area contributed by atoms with Crippen LogP contribution in [0.1, 0.15) is 71.1 Å². The van der Waals surface area contributed by atoms with Gasteiger partial charge in [-0.2, -0.15) is 0 Å². The molecule has 28 heavy (non-hydrogen) atoms. The molecule has 7 heteroatoms. The van der Waals surface area contributed by atoms with Gasteiger partial charge in [0.1, 0.15) is 12.4 Å². The summed E-state index contributed by atoms with van der Waals surface area (Å²) in [4.78, 5) is 25.0. The Balaban J connectivity index is 1.88. The van der Waals surface area contributed by atoms with Gasteiger partial charge in [0.2, 0.25) is 12.4 Å². The number of aryl methyl sites for hydroxylation is 2. The molecule has 0 radical (unpaired) electrons. The highest BCUT2D eigenvalue weighted by atomic mass is 16.5. The Morgan fingerprint density at radius 1 is 1.11 bits per heavy atom. The predicted octanol–water partition coefficient (Wildman–Crippen LogP) is 3.76. The van der Waals surface area contributed by atoms with E-state index in [-0.39, 0.29) is 6.09 Å². The summed E-state index contributed by atoms with van der Waals surface area (Å²) in [5.74, 6) is 0. The number of unbranched alkanes of at least 4 members (excludes halogenated alkanes) is 7. The van der Waals surface area contributed by atoms with Gasteiger partial charge in [0.25, 0.3) is 0 Å². The van der Waals surface area contributed by atoms with E-state index in [2.05, 4.69) is 45.1 Å². The van der Waals surface area contributed by atoms with Crippen molar-refractivity contribution in [2.24, 2.45) is 4.99 Å². The van der Waals surface area contributed by atoms with Crippen molar-refractivity contribution in [1.82, 2.24) is 9.88 Å². The number of carbonyl (C=O) groups is 1. The van der Waals surface area contributed by atoms with Gasteiger partial charge in [0.05, 0.1) is 26.2 Å². The van der Waals surface area contributed by atoms with E-state index in [9.17, 15) is 9.59 Å². The van der Waals surface area contributed by atoms with Gasteiger partial charge in [-0.15, -0.1) is 0 Å². The number of nitrogens with zero attached hydrogens (tertiary/aromatic N) is 3. The first kappa shape index (κ1) is 23.9. The summed E-state index contributed by atoms with van der Waals surface area (Å²) < 4.78 is 9.68. The third-order valence-electron chi connectivity index (χ3n) is 4.59. The number of ether oxygens (including phenoxy) is 1. The van der Waals surface area contributed by atoms with Crippen molar-refractivity contribution < 1.29 is 18.9 Å². The second-order valence-electron chi connectivity index (χ2n) is 7.11. The van der Waals surface area contributed by atoms with E-state index in [1.165, 1.54) is 18.9 Å². The van der Waals surface area contributed by atoms with Crippen LogP contribution in [0.3, 0.4) is 0 Å². The lowest BCUT2D eigenvalue weighted by Crippen LogP contribution is -2.30. The Kier molecular flexibility index (Phi) is 14.5. The molecule has 0 fully saturated rings. The van der Waals surface area contributed by atoms with Crippen LogP contribution in [0.5, 0.6) is 0 Å². The average Bonchev–Trinajstić information content (AvgIpc) is 3.15. The molecular formula is C21H37N4O3+. The lowest BCUT2D eigenvalue weighted by molar-refractivity contribution is -0.696. The van der Waals surface area contributed by atoms with Gasteiger partial charge in [-0.05, 0) is 44.9 Å². The fourth-order valence-electron chi connectivity index (χ4n) is 2.92. The molecule has 1 amide bonds. The van der Waals surface area contributed by atoms with Gasteiger partial charge in [0, 0.05) is 6.54 Å². The fraction of sp³-hybridized carbons (Fsp3) is 0.762. The van der Waals surface area contributed by atoms with Crippen LogP contribution in [0, 0.1) is 0 Å². The zero-order chi connectivity index (χ0) is 20.3. The van der Waals surface area contributed by atoms with Gasteiger partial charge in [0.15, 0.2) is 0 Å². The summed E-state index contributed by atoms with van der Waals surface area (Å²) in [6.07, 6.45) is 18.2. The van der Waals surface area contributed by atoms with E-state index in [1.54, 1.807) is 0 Å². The summed E-state index contributed by atoms with van der Waals surface area (Å²) in [6, 6.07) is 0. The van der Waals surface area contributed by atoms with Crippen molar-refractivity contribution in [2.75, 3.05) is 19.7 Å². The van der Waals surface area contributed by atoms with Crippen molar-refractivity contribution in [2.45, 2.75) is 84.2 Å². The number of nitrogens with one attached hydrogen (secondary N) is 1. The number of carbonyl (C=O) groups excluding carboxylic acids is 2. The van der Waals surface area contributed by atoms with Gasteiger partial charge < -0.3 is 10.1 Å². The van der Waals surface area contributed by atoms with Gasteiger partial charge in [-0.25, -0.2) is 23.7 Å². The zero-order valence-electron chi connectivity index (χ0n) is 17.4. The minimum Gasteiger partial charge on any atom is -0.450 e. The van der Waals surface area contributed by atoms with Crippen LogP contribution in [0.15, 0.2) is 23.7 Å². The highest BCUT2D eigenvalue weighted by molar-refractivity contribution is 5.66. The molecule has 0 aliphatic carbocycles. The molecule has 0 atom stereocenters. The van der Waals surface area contributed by atoms with Crippen molar-refractivity contribution in [3.8, 4) is 0 Å². The number of aliphatic imine (C=N–C) groups is 1. The molecule has 0 bridgehead atoms. The van der Waals surface area contributed by atoms with Crippen LogP contribution in [-0.4, -0.2) is 36.4 Å². The normalized spacial score (nSPS) is 10.5. The molecule has 1 aromatic heterocycles. The van der Waals surface area contributed by atoms with Crippen LogP contribution in [-0.2, 0) is 22.6 Å². The first-order valence-corrected chi connectivity index (χ1v) is 10.8.